The lowest BCUT2D eigenvalue weighted by Gasteiger charge is -2.06. The minimum atomic E-state index is -0.370. The molecule has 0 spiro atoms. The van der Waals surface area contributed by atoms with Crippen LogP contribution >= 0.6 is 0 Å². The van der Waals surface area contributed by atoms with Gasteiger partial charge in [-0.15, -0.1) is 0 Å². The molecule has 0 aliphatic heterocycles. The fraction of sp³-hybridized carbons (Fsp3) is 0.125. The molecule has 1 heterocycles. The van der Waals surface area contributed by atoms with Crippen molar-refractivity contribution in [2.75, 3.05) is 14.2 Å². The third-order valence-electron chi connectivity index (χ3n) is 3.35. The maximum absolute atomic E-state index is 11.6. The Bertz CT molecular complexity index is 808. The van der Waals surface area contributed by atoms with Gasteiger partial charge in [0.2, 0.25) is 0 Å². The number of esters is 1. The van der Waals surface area contributed by atoms with Crippen LogP contribution in [0.5, 0.6) is 5.75 Å². The van der Waals surface area contributed by atoms with Crippen molar-refractivity contribution in [2.45, 2.75) is 0 Å². The van der Waals surface area contributed by atoms with E-state index in [2.05, 4.69) is 10.2 Å². The zero-order valence-electron chi connectivity index (χ0n) is 11.7. The number of carbonyl (C=O) groups is 1. The van der Waals surface area contributed by atoms with Gasteiger partial charge in [-0.1, -0.05) is 12.1 Å². The predicted molar refractivity (Wildman–Crippen MR) is 79.4 cm³/mol. The SMILES string of the molecule is COC(=O)c1ccc2c(-c3ccccc3OC)n[nH]c2c1. The smallest absolute Gasteiger partial charge is 0.337 e. The van der Waals surface area contributed by atoms with Crippen molar-refractivity contribution < 1.29 is 14.3 Å². The van der Waals surface area contributed by atoms with Crippen molar-refractivity contribution >= 4 is 16.9 Å². The van der Waals surface area contributed by atoms with Gasteiger partial charge in [0.25, 0.3) is 0 Å². The molecule has 1 aromatic heterocycles. The number of methoxy groups -OCH3 is 2. The Labute approximate surface area is 121 Å². The largest absolute Gasteiger partial charge is 0.496 e. The van der Waals surface area contributed by atoms with Gasteiger partial charge in [0, 0.05) is 10.9 Å². The van der Waals surface area contributed by atoms with Crippen LogP contribution in [-0.2, 0) is 4.74 Å². The second kappa shape index (κ2) is 5.28. The van der Waals surface area contributed by atoms with Crippen molar-refractivity contribution in [3.05, 3.63) is 48.0 Å². The molecule has 5 nitrogen and oxygen atoms in total. The molecule has 0 saturated carbocycles. The summed E-state index contributed by atoms with van der Waals surface area (Å²) in [4.78, 5) is 11.6. The fourth-order valence-corrected chi connectivity index (χ4v) is 2.31. The van der Waals surface area contributed by atoms with Gasteiger partial charge in [0.1, 0.15) is 11.4 Å². The third kappa shape index (κ3) is 2.23. The molecule has 1 N–H and O–H groups in total. The summed E-state index contributed by atoms with van der Waals surface area (Å²) < 4.78 is 10.1. The molecule has 0 unspecified atom stereocenters. The first kappa shape index (κ1) is 13.2. The van der Waals surface area contributed by atoms with Crippen LogP contribution in [-0.4, -0.2) is 30.4 Å². The normalized spacial score (nSPS) is 10.6. The number of H-pyrrole nitrogens is 1. The minimum absolute atomic E-state index is 0.370. The molecule has 0 radical (unpaired) electrons. The van der Waals surface area contributed by atoms with Crippen LogP contribution in [0.25, 0.3) is 22.2 Å². The highest BCUT2D eigenvalue weighted by atomic mass is 16.5. The Morgan fingerprint density at radius 2 is 1.95 bits per heavy atom. The molecule has 5 heteroatoms. The molecule has 0 aliphatic rings. The van der Waals surface area contributed by atoms with Gasteiger partial charge < -0.3 is 9.47 Å². The van der Waals surface area contributed by atoms with E-state index in [-0.39, 0.29) is 5.97 Å². The Morgan fingerprint density at radius 3 is 2.71 bits per heavy atom. The zero-order chi connectivity index (χ0) is 14.8. The van der Waals surface area contributed by atoms with E-state index >= 15 is 0 Å². The molecule has 21 heavy (non-hydrogen) atoms. The van der Waals surface area contributed by atoms with Gasteiger partial charge in [-0.05, 0) is 30.3 Å². The van der Waals surface area contributed by atoms with Crippen LogP contribution in [0.2, 0.25) is 0 Å². The summed E-state index contributed by atoms with van der Waals surface area (Å²) in [6, 6.07) is 13.0. The van der Waals surface area contributed by atoms with E-state index in [4.69, 9.17) is 9.47 Å². The molecule has 3 aromatic rings. The minimum Gasteiger partial charge on any atom is -0.496 e. The Hall–Kier alpha value is -2.82. The molecule has 0 aliphatic carbocycles. The van der Waals surface area contributed by atoms with Gasteiger partial charge in [-0.25, -0.2) is 4.79 Å². The molecule has 0 saturated heterocycles. The second-order valence-electron chi connectivity index (χ2n) is 4.52. The van der Waals surface area contributed by atoms with E-state index < -0.39 is 0 Å². The first-order valence-corrected chi connectivity index (χ1v) is 6.44. The van der Waals surface area contributed by atoms with Crippen molar-refractivity contribution in [3.63, 3.8) is 0 Å². The Balaban J connectivity index is 2.15. The summed E-state index contributed by atoms with van der Waals surface area (Å²) in [6.45, 7) is 0. The van der Waals surface area contributed by atoms with E-state index in [0.717, 1.165) is 27.9 Å². The summed E-state index contributed by atoms with van der Waals surface area (Å²) in [5.41, 5.74) is 2.95. The number of aromatic amines is 1. The highest BCUT2D eigenvalue weighted by Gasteiger charge is 2.14. The number of nitrogens with one attached hydrogen (secondary N) is 1. The van der Waals surface area contributed by atoms with Crippen molar-refractivity contribution in [1.82, 2.24) is 10.2 Å². The summed E-state index contributed by atoms with van der Waals surface area (Å²) in [5.74, 6) is 0.383. The van der Waals surface area contributed by atoms with Crippen LogP contribution in [0.15, 0.2) is 42.5 Å². The highest BCUT2D eigenvalue weighted by Crippen LogP contribution is 2.33. The summed E-state index contributed by atoms with van der Waals surface area (Å²) >= 11 is 0. The van der Waals surface area contributed by atoms with Crippen molar-refractivity contribution in [1.29, 1.82) is 0 Å². The standard InChI is InChI=1S/C16H14N2O3/c1-20-14-6-4-3-5-12(14)15-11-8-7-10(16(19)21-2)9-13(11)17-18-15/h3-9H,1-2H3,(H,17,18). The maximum atomic E-state index is 11.6. The second-order valence-corrected chi connectivity index (χ2v) is 4.52. The van der Waals surface area contributed by atoms with Crippen LogP contribution in [0.4, 0.5) is 0 Å². The number of para-hydroxylation sites is 1. The predicted octanol–water partition coefficient (Wildman–Crippen LogP) is 3.03. The third-order valence-corrected chi connectivity index (χ3v) is 3.35. The zero-order valence-corrected chi connectivity index (χ0v) is 11.7. The van der Waals surface area contributed by atoms with Crippen LogP contribution in [0.1, 0.15) is 10.4 Å². The average molecular weight is 282 g/mol. The molecular weight excluding hydrogens is 268 g/mol. The fourth-order valence-electron chi connectivity index (χ4n) is 2.31. The number of carbonyl (C=O) groups excluding carboxylic acids is 1. The van der Waals surface area contributed by atoms with E-state index in [1.807, 2.05) is 30.3 Å². The molecule has 2 aromatic carbocycles. The number of hydrogen-bond donors (Lipinski definition) is 1. The van der Waals surface area contributed by atoms with Crippen molar-refractivity contribution in [2.24, 2.45) is 0 Å². The van der Waals surface area contributed by atoms with Crippen molar-refractivity contribution in [3.8, 4) is 17.0 Å². The van der Waals surface area contributed by atoms with Gasteiger partial charge in [-0.2, -0.15) is 5.10 Å². The Kier molecular flexibility index (Phi) is 3.31. The number of nitrogens with zero attached hydrogens (tertiary/aromatic N) is 1. The topological polar surface area (TPSA) is 64.2 Å². The quantitative estimate of drug-likeness (QED) is 0.750. The molecule has 106 valence electrons. The monoisotopic (exact) mass is 282 g/mol. The van der Waals surface area contributed by atoms with Crippen LogP contribution in [0.3, 0.4) is 0 Å². The highest BCUT2D eigenvalue weighted by molar-refractivity contribution is 5.99. The van der Waals surface area contributed by atoms with Gasteiger partial charge >= 0.3 is 5.97 Å². The molecule has 0 bridgehead atoms. The summed E-state index contributed by atoms with van der Waals surface area (Å²) in [5, 5.41) is 8.21. The van der Waals surface area contributed by atoms with E-state index in [9.17, 15) is 4.79 Å². The summed E-state index contributed by atoms with van der Waals surface area (Å²) in [7, 11) is 2.99. The Morgan fingerprint density at radius 1 is 1.14 bits per heavy atom. The molecule has 0 fully saturated rings. The molecule has 3 rings (SSSR count). The lowest BCUT2D eigenvalue weighted by molar-refractivity contribution is 0.0601. The van der Waals surface area contributed by atoms with Gasteiger partial charge in [-0.3, -0.25) is 5.10 Å². The van der Waals surface area contributed by atoms with Gasteiger partial charge in [0.05, 0.1) is 25.3 Å². The number of benzene rings is 2. The van der Waals surface area contributed by atoms with E-state index in [0.29, 0.717) is 5.56 Å². The molecular formula is C16H14N2O3. The number of fused-ring (bicyclic) bond motifs is 1. The summed E-state index contributed by atoms with van der Waals surface area (Å²) in [6.07, 6.45) is 0. The number of aromatic nitrogens is 2. The van der Waals surface area contributed by atoms with E-state index in [1.165, 1.54) is 7.11 Å². The average Bonchev–Trinajstić information content (AvgIpc) is 2.96. The number of rotatable bonds is 3. The first-order chi connectivity index (χ1) is 10.2. The van der Waals surface area contributed by atoms with Gasteiger partial charge in [0.15, 0.2) is 0 Å². The number of ether oxygens (including phenoxy) is 2. The molecule has 0 atom stereocenters. The van der Waals surface area contributed by atoms with Crippen LogP contribution in [0, 0.1) is 0 Å². The lowest BCUT2D eigenvalue weighted by Crippen LogP contribution is -2.00. The van der Waals surface area contributed by atoms with E-state index in [1.54, 1.807) is 19.2 Å². The van der Waals surface area contributed by atoms with Crippen LogP contribution < -0.4 is 4.74 Å². The maximum Gasteiger partial charge on any atom is 0.337 e. The number of hydrogen-bond acceptors (Lipinski definition) is 4. The molecule has 0 amide bonds. The lowest BCUT2D eigenvalue weighted by atomic mass is 10.1. The first-order valence-electron chi connectivity index (χ1n) is 6.44.